The van der Waals surface area contributed by atoms with Gasteiger partial charge in [-0.3, -0.25) is 29.5 Å². The van der Waals surface area contributed by atoms with E-state index < -0.39 is 40.3 Å². The monoisotopic (exact) mass is 685 g/mol. The number of aliphatic carboxylic acids is 2. The van der Waals surface area contributed by atoms with Gasteiger partial charge in [-0.1, -0.05) is 48.3 Å². The van der Waals surface area contributed by atoms with Crippen LogP contribution in [0.2, 0.25) is 10.0 Å². The maximum Gasteiger partial charge on any atom is 0.417 e. The van der Waals surface area contributed by atoms with Crippen LogP contribution in [0.3, 0.4) is 0 Å². The lowest BCUT2D eigenvalue weighted by molar-refractivity contribution is -0.385. The number of alkyl halides is 3. The maximum absolute atomic E-state index is 12.7. The van der Waals surface area contributed by atoms with Crippen molar-refractivity contribution >= 4 is 63.5 Å². The number of para-hydroxylation sites is 1. The number of hydrogen-bond donors (Lipinski definition) is 4. The summed E-state index contributed by atoms with van der Waals surface area (Å²) in [5.41, 5.74) is -0.371. The van der Waals surface area contributed by atoms with Crippen molar-refractivity contribution in [1.29, 1.82) is 0 Å². The molecule has 2 aromatic carbocycles. The molecule has 1 unspecified atom stereocenters. The number of nitrogens with zero attached hydrogens (tertiary/aromatic N) is 2. The number of rotatable bonds is 8. The van der Waals surface area contributed by atoms with Crippen molar-refractivity contribution < 1.29 is 52.6 Å². The predicted molar refractivity (Wildman–Crippen MR) is 160 cm³/mol. The van der Waals surface area contributed by atoms with Gasteiger partial charge in [-0.2, -0.15) is 13.2 Å². The van der Waals surface area contributed by atoms with Crippen LogP contribution >= 0.6 is 23.2 Å². The summed E-state index contributed by atoms with van der Waals surface area (Å²) in [5, 5.41) is 36.8. The quantitative estimate of drug-likeness (QED) is 0.109. The van der Waals surface area contributed by atoms with E-state index in [1.807, 2.05) is 0 Å². The van der Waals surface area contributed by atoms with E-state index in [1.54, 1.807) is 31.2 Å². The number of aromatic nitrogens is 2. The minimum Gasteiger partial charge on any atom is -0.481 e. The molecular weight excluding hydrogens is 662 g/mol. The number of aromatic carboxylic acids is 1. The highest BCUT2D eigenvalue weighted by Crippen LogP contribution is 2.37. The molecule has 0 saturated heterocycles. The fraction of sp³-hybridized carbons (Fsp3) is 0.207. The predicted octanol–water partition coefficient (Wildman–Crippen LogP) is 7.16. The number of pyridine rings is 1. The van der Waals surface area contributed by atoms with E-state index >= 15 is 0 Å². The van der Waals surface area contributed by atoms with Crippen LogP contribution in [0.4, 0.5) is 18.9 Å². The molecule has 0 aliphatic rings. The van der Waals surface area contributed by atoms with Gasteiger partial charge in [0.1, 0.15) is 17.0 Å². The number of ketones is 1. The van der Waals surface area contributed by atoms with Gasteiger partial charge in [0.2, 0.25) is 0 Å². The second kappa shape index (κ2) is 15.8. The normalized spacial score (nSPS) is 11.4. The molecule has 17 heteroatoms. The standard InChI is InChI=1S/C16H10ClF3N2O2.C7H4ClNO4.C6H10O3/c17-11-5-8(16(18,19)20)7-21-15(11)14-10(6-13(23)24)9-3-1-2-4-12(9)22-14;8-4-1-2-5(7(10)11)6(3-4)9(12)13;1-4(5(2)7)3-6(8)9/h1-5,7,22H,6H2,(H,23,24);1-3H,(H,10,11);4H,3H2,1-2H3,(H,8,9). The number of carbonyl (C=O) groups is 4. The molecule has 46 heavy (non-hydrogen) atoms. The van der Waals surface area contributed by atoms with E-state index in [0.29, 0.717) is 28.4 Å². The minimum absolute atomic E-state index is 0.0602. The number of halogens is 5. The van der Waals surface area contributed by atoms with E-state index in [4.69, 9.17) is 38.5 Å². The SMILES string of the molecule is CC(=O)C(C)CC(=O)O.O=C(O)Cc1c(-c2ncc(C(F)(F)F)cc2Cl)[nH]c2ccccc12.O=C(O)c1ccc(Cl)cc1[N+](=O)[O-]. The number of fused-ring (bicyclic) bond motifs is 1. The van der Waals surface area contributed by atoms with Crippen LogP contribution in [0.1, 0.15) is 41.8 Å². The Kier molecular flexibility index (Phi) is 12.8. The van der Waals surface area contributed by atoms with Crippen molar-refractivity contribution in [2.24, 2.45) is 5.92 Å². The summed E-state index contributed by atoms with van der Waals surface area (Å²) in [6, 6.07) is 11.1. The number of nitrogens with one attached hydrogen (secondary N) is 1. The fourth-order valence-corrected chi connectivity index (χ4v) is 4.18. The molecule has 0 aliphatic heterocycles. The van der Waals surface area contributed by atoms with Crippen LogP contribution in [-0.4, -0.2) is 53.9 Å². The number of nitro benzene ring substituents is 1. The lowest BCUT2D eigenvalue weighted by Gasteiger charge is -2.09. The van der Waals surface area contributed by atoms with E-state index in [2.05, 4.69) is 9.97 Å². The Bertz CT molecular complexity index is 1790. The average Bonchev–Trinajstić information content (AvgIpc) is 3.30. The second-order valence-corrected chi connectivity index (χ2v) is 10.3. The zero-order chi connectivity index (χ0) is 34.9. The molecule has 0 spiro atoms. The highest BCUT2D eigenvalue weighted by molar-refractivity contribution is 6.33. The van der Waals surface area contributed by atoms with Gasteiger partial charge in [-0.15, -0.1) is 0 Å². The Hall–Kier alpha value is -5.02. The molecule has 244 valence electrons. The second-order valence-electron chi connectivity index (χ2n) is 9.48. The van der Waals surface area contributed by atoms with Gasteiger partial charge in [-0.25, -0.2) is 4.79 Å². The van der Waals surface area contributed by atoms with Crippen molar-refractivity contribution in [2.75, 3.05) is 0 Å². The Morgan fingerprint density at radius 1 is 1.02 bits per heavy atom. The van der Waals surface area contributed by atoms with Crippen LogP contribution in [0.25, 0.3) is 22.3 Å². The van der Waals surface area contributed by atoms with Crippen LogP contribution in [0.5, 0.6) is 0 Å². The molecule has 0 amide bonds. The number of hydrogen-bond acceptors (Lipinski definition) is 7. The van der Waals surface area contributed by atoms with Crippen LogP contribution in [0.15, 0.2) is 54.7 Å². The van der Waals surface area contributed by atoms with E-state index in [-0.39, 0.29) is 45.8 Å². The third-order valence-electron chi connectivity index (χ3n) is 6.11. The lowest BCUT2D eigenvalue weighted by atomic mass is 10.0. The van der Waals surface area contributed by atoms with Gasteiger partial charge in [0.25, 0.3) is 5.69 Å². The third kappa shape index (κ3) is 10.3. The molecular formula is C29H24Cl2F3N3O9. The van der Waals surface area contributed by atoms with Gasteiger partial charge >= 0.3 is 24.1 Å². The molecule has 2 heterocycles. The highest BCUT2D eigenvalue weighted by atomic mass is 35.5. The first-order chi connectivity index (χ1) is 21.3. The summed E-state index contributed by atoms with van der Waals surface area (Å²) in [6.07, 6.45) is -4.25. The zero-order valence-electron chi connectivity index (χ0n) is 23.8. The number of Topliss-reactive ketones (excluding diaryl/α,β-unsaturated/α-hetero) is 1. The first kappa shape index (κ1) is 37.2. The van der Waals surface area contributed by atoms with Gasteiger partial charge in [-0.05, 0) is 36.8 Å². The van der Waals surface area contributed by atoms with Gasteiger partial charge in [0.15, 0.2) is 0 Å². The van der Waals surface area contributed by atoms with Crippen LogP contribution < -0.4 is 0 Å². The number of nitro groups is 1. The molecule has 1 atom stereocenters. The topological polar surface area (TPSA) is 201 Å². The number of carbonyl (C=O) groups excluding carboxylic acids is 1. The maximum atomic E-state index is 12.7. The summed E-state index contributed by atoms with van der Waals surface area (Å²) in [4.78, 5) is 58.4. The summed E-state index contributed by atoms with van der Waals surface area (Å²) in [7, 11) is 0. The van der Waals surface area contributed by atoms with Gasteiger partial charge < -0.3 is 20.3 Å². The summed E-state index contributed by atoms with van der Waals surface area (Å²) in [6.45, 7) is 3.00. The van der Waals surface area contributed by atoms with Crippen LogP contribution in [0, 0.1) is 16.0 Å². The largest absolute Gasteiger partial charge is 0.481 e. The summed E-state index contributed by atoms with van der Waals surface area (Å²) < 4.78 is 38.2. The van der Waals surface area contributed by atoms with E-state index in [0.717, 1.165) is 18.2 Å². The smallest absolute Gasteiger partial charge is 0.417 e. The molecule has 0 bridgehead atoms. The molecule has 4 N–H and O–H groups in total. The molecule has 12 nitrogen and oxygen atoms in total. The molecule has 4 aromatic rings. The number of benzene rings is 2. The van der Waals surface area contributed by atoms with Crippen molar-refractivity contribution in [3.63, 3.8) is 0 Å². The zero-order valence-corrected chi connectivity index (χ0v) is 25.3. The Morgan fingerprint density at radius 3 is 2.13 bits per heavy atom. The van der Waals surface area contributed by atoms with Gasteiger partial charge in [0, 0.05) is 34.1 Å². The van der Waals surface area contributed by atoms with Crippen molar-refractivity contribution in [2.45, 2.75) is 32.9 Å². The van der Waals surface area contributed by atoms with Crippen molar-refractivity contribution in [3.05, 3.63) is 91.6 Å². The number of H-pyrrole nitrogens is 1. The number of carboxylic acid groups (broad SMARTS) is 3. The van der Waals surface area contributed by atoms with E-state index in [9.17, 15) is 42.5 Å². The van der Waals surface area contributed by atoms with Crippen molar-refractivity contribution in [1.82, 2.24) is 9.97 Å². The van der Waals surface area contributed by atoms with Crippen LogP contribution in [-0.2, 0) is 27.0 Å². The Balaban J connectivity index is 0.000000281. The molecule has 2 aromatic heterocycles. The first-order valence-electron chi connectivity index (χ1n) is 12.8. The number of aromatic amines is 1. The first-order valence-corrected chi connectivity index (χ1v) is 13.5. The fourth-order valence-electron chi connectivity index (χ4n) is 3.76. The number of carboxylic acids is 3. The Morgan fingerprint density at radius 2 is 1.65 bits per heavy atom. The summed E-state index contributed by atoms with van der Waals surface area (Å²) in [5.74, 6) is -3.75. The van der Waals surface area contributed by atoms with E-state index in [1.165, 1.54) is 13.0 Å². The van der Waals surface area contributed by atoms with Crippen molar-refractivity contribution in [3.8, 4) is 11.4 Å². The Labute approximate surface area is 267 Å². The summed E-state index contributed by atoms with van der Waals surface area (Å²) >= 11 is 11.4. The molecule has 0 saturated carbocycles. The lowest BCUT2D eigenvalue weighted by Crippen LogP contribution is -2.11. The average molecular weight is 686 g/mol. The highest BCUT2D eigenvalue weighted by Gasteiger charge is 2.32. The molecule has 0 fully saturated rings. The molecule has 0 aliphatic carbocycles. The van der Waals surface area contributed by atoms with Gasteiger partial charge in [0.05, 0.1) is 34.0 Å². The third-order valence-corrected chi connectivity index (χ3v) is 6.63. The minimum atomic E-state index is -4.56. The molecule has 0 radical (unpaired) electrons. The molecule has 4 rings (SSSR count).